The molecule has 3 N–H and O–H groups in total. The highest BCUT2D eigenvalue weighted by Crippen LogP contribution is 2.20. The topological polar surface area (TPSA) is 184 Å². The molecule has 3 rings (SSSR count). The van der Waals surface area contributed by atoms with Crippen molar-refractivity contribution in [2.75, 3.05) is 55.7 Å². The molecule has 0 aliphatic carbocycles. The van der Waals surface area contributed by atoms with Crippen LogP contribution in [0.1, 0.15) is 0 Å². The maximum atomic E-state index is 12.7. The van der Waals surface area contributed by atoms with Gasteiger partial charge in [0.1, 0.15) is 6.29 Å². The summed E-state index contributed by atoms with van der Waals surface area (Å²) in [5.41, 5.74) is 0.605. The Hall–Kier alpha value is -3.50. The van der Waals surface area contributed by atoms with Crippen molar-refractivity contribution in [3.63, 3.8) is 0 Å². The summed E-state index contributed by atoms with van der Waals surface area (Å²) in [7, 11) is -7.29. The predicted octanol–water partition coefficient (Wildman–Crippen LogP) is -0.948. The molecule has 2 aromatic carbocycles. The number of aldehydes is 1. The van der Waals surface area contributed by atoms with Crippen LogP contribution >= 0.6 is 0 Å². The quantitative estimate of drug-likeness (QED) is 0.254. The Labute approximate surface area is 220 Å². The molecule has 0 spiro atoms. The van der Waals surface area contributed by atoms with Gasteiger partial charge in [-0.3, -0.25) is 24.2 Å². The van der Waals surface area contributed by atoms with E-state index in [1.165, 1.54) is 48.5 Å². The molecule has 0 atom stereocenters. The fourth-order valence-corrected chi connectivity index (χ4v) is 4.91. The summed E-state index contributed by atoms with van der Waals surface area (Å²) >= 11 is 0. The standard InChI is InChI=1S/C23H27N5O8S2/c1-37(33,34)19-6-2-17(3-7-19)25-21(30)14-26(12-13-29)10-11-27-15-22(31)28(23(32)16-27)18-4-8-20(9-5-18)38(24,35)36/h2-9,13H,10-12,14-16H2,1H3,(H,25,30)(H2,24,35,36). The number of sulfone groups is 1. The molecule has 0 aromatic heterocycles. The van der Waals surface area contributed by atoms with Gasteiger partial charge in [-0.1, -0.05) is 0 Å². The second kappa shape index (κ2) is 11.9. The average Bonchev–Trinajstić information content (AvgIpc) is 2.82. The van der Waals surface area contributed by atoms with E-state index in [0.717, 1.165) is 11.2 Å². The maximum Gasteiger partial charge on any atom is 0.247 e. The Morgan fingerprint density at radius 2 is 1.53 bits per heavy atom. The first kappa shape index (κ1) is 29.1. The third-order valence-electron chi connectivity index (χ3n) is 5.64. The van der Waals surface area contributed by atoms with Crippen LogP contribution in [0.2, 0.25) is 0 Å². The summed E-state index contributed by atoms with van der Waals surface area (Å²) in [6.07, 6.45) is 1.71. The summed E-state index contributed by atoms with van der Waals surface area (Å²) in [6, 6.07) is 10.7. The lowest BCUT2D eigenvalue weighted by Gasteiger charge is -2.33. The Kier molecular flexibility index (Phi) is 9.11. The molecule has 0 unspecified atom stereocenters. The van der Waals surface area contributed by atoms with Crippen LogP contribution in [0.4, 0.5) is 11.4 Å². The van der Waals surface area contributed by atoms with Crippen LogP contribution in [-0.4, -0.2) is 96.2 Å². The van der Waals surface area contributed by atoms with Gasteiger partial charge in [0, 0.05) is 25.0 Å². The Bertz CT molecular complexity index is 1400. The number of anilines is 2. The number of imide groups is 1. The number of nitrogens with two attached hydrogens (primary N) is 1. The number of benzene rings is 2. The lowest BCUT2D eigenvalue weighted by molar-refractivity contribution is -0.132. The molecule has 204 valence electrons. The van der Waals surface area contributed by atoms with Crippen molar-refractivity contribution >= 4 is 55.2 Å². The SMILES string of the molecule is CS(=O)(=O)c1ccc(NC(=O)CN(CC=O)CCN2CC(=O)N(c3ccc(S(N)(=O)=O)cc3)C(=O)C2)cc1. The number of nitrogens with zero attached hydrogens (tertiary/aromatic N) is 3. The van der Waals surface area contributed by atoms with E-state index in [-0.39, 0.29) is 54.7 Å². The zero-order valence-electron chi connectivity index (χ0n) is 20.4. The van der Waals surface area contributed by atoms with Gasteiger partial charge in [0.15, 0.2) is 9.84 Å². The van der Waals surface area contributed by atoms with Crippen molar-refractivity contribution in [2.24, 2.45) is 5.14 Å². The van der Waals surface area contributed by atoms with Crippen LogP contribution in [0.3, 0.4) is 0 Å². The van der Waals surface area contributed by atoms with Crippen molar-refractivity contribution in [1.29, 1.82) is 0 Å². The molecule has 0 bridgehead atoms. The van der Waals surface area contributed by atoms with E-state index in [0.29, 0.717) is 12.0 Å². The van der Waals surface area contributed by atoms with E-state index in [4.69, 9.17) is 5.14 Å². The first-order valence-electron chi connectivity index (χ1n) is 11.2. The summed E-state index contributed by atoms with van der Waals surface area (Å²) in [5.74, 6) is -1.46. The molecule has 3 amide bonds. The number of nitrogens with one attached hydrogen (secondary N) is 1. The molecular weight excluding hydrogens is 538 g/mol. The highest BCUT2D eigenvalue weighted by molar-refractivity contribution is 7.90. The number of amides is 3. The molecule has 0 radical (unpaired) electrons. The molecular formula is C23H27N5O8S2. The molecule has 1 fully saturated rings. The summed E-state index contributed by atoms with van der Waals surface area (Å²) < 4.78 is 46.0. The number of hydrogen-bond donors (Lipinski definition) is 2. The maximum absolute atomic E-state index is 12.7. The van der Waals surface area contributed by atoms with Crippen LogP contribution in [0, 0.1) is 0 Å². The van der Waals surface area contributed by atoms with Crippen molar-refractivity contribution in [3.05, 3.63) is 48.5 Å². The van der Waals surface area contributed by atoms with Gasteiger partial charge in [-0.05, 0) is 48.5 Å². The third kappa shape index (κ3) is 7.75. The second-order valence-corrected chi connectivity index (χ2v) is 12.2. The molecule has 38 heavy (non-hydrogen) atoms. The van der Waals surface area contributed by atoms with Gasteiger partial charge in [0.05, 0.1) is 41.7 Å². The fraction of sp³-hybridized carbons (Fsp3) is 0.304. The van der Waals surface area contributed by atoms with Crippen LogP contribution in [-0.2, 0) is 39.0 Å². The van der Waals surface area contributed by atoms with E-state index in [9.17, 15) is 36.0 Å². The molecule has 1 heterocycles. The molecule has 15 heteroatoms. The fourth-order valence-electron chi connectivity index (χ4n) is 3.76. The number of sulfonamides is 1. The van der Waals surface area contributed by atoms with Crippen molar-refractivity contribution in [1.82, 2.24) is 9.80 Å². The largest absolute Gasteiger partial charge is 0.325 e. The van der Waals surface area contributed by atoms with Crippen LogP contribution in [0.25, 0.3) is 0 Å². The Balaban J connectivity index is 1.55. The highest BCUT2D eigenvalue weighted by Gasteiger charge is 2.32. The van der Waals surface area contributed by atoms with Gasteiger partial charge < -0.3 is 10.1 Å². The summed E-state index contributed by atoms with van der Waals surface area (Å²) in [6.45, 7) is 0.0269. The second-order valence-electron chi connectivity index (χ2n) is 8.62. The van der Waals surface area contributed by atoms with Gasteiger partial charge in [-0.2, -0.15) is 0 Å². The molecule has 1 aliphatic heterocycles. The van der Waals surface area contributed by atoms with Gasteiger partial charge in [-0.15, -0.1) is 0 Å². The Morgan fingerprint density at radius 3 is 2.03 bits per heavy atom. The average molecular weight is 566 g/mol. The molecule has 1 aliphatic rings. The van der Waals surface area contributed by atoms with Gasteiger partial charge in [0.25, 0.3) is 0 Å². The van der Waals surface area contributed by atoms with Crippen molar-refractivity contribution in [2.45, 2.75) is 9.79 Å². The summed E-state index contributed by atoms with van der Waals surface area (Å²) in [5, 5.41) is 7.71. The minimum atomic E-state index is -3.92. The number of primary sulfonamides is 1. The predicted molar refractivity (Wildman–Crippen MR) is 137 cm³/mol. The van der Waals surface area contributed by atoms with E-state index < -0.39 is 37.6 Å². The molecule has 2 aromatic rings. The van der Waals surface area contributed by atoms with Crippen molar-refractivity contribution < 1.29 is 36.0 Å². The summed E-state index contributed by atoms with van der Waals surface area (Å²) in [4.78, 5) is 53.0. The molecule has 0 saturated carbocycles. The number of carbonyl (C=O) groups is 4. The third-order valence-corrected chi connectivity index (χ3v) is 7.70. The smallest absolute Gasteiger partial charge is 0.247 e. The molecule has 13 nitrogen and oxygen atoms in total. The minimum absolute atomic E-state index is 0.0569. The number of rotatable bonds is 11. The van der Waals surface area contributed by atoms with Crippen molar-refractivity contribution in [3.8, 4) is 0 Å². The highest BCUT2D eigenvalue weighted by atomic mass is 32.2. The molecule has 1 saturated heterocycles. The normalized spacial score (nSPS) is 15.1. The van der Waals surface area contributed by atoms with Crippen LogP contribution in [0.5, 0.6) is 0 Å². The first-order valence-corrected chi connectivity index (χ1v) is 14.7. The van der Waals surface area contributed by atoms with Gasteiger partial charge >= 0.3 is 0 Å². The van der Waals surface area contributed by atoms with E-state index >= 15 is 0 Å². The van der Waals surface area contributed by atoms with E-state index in [2.05, 4.69) is 5.32 Å². The van der Waals surface area contributed by atoms with Crippen LogP contribution in [0.15, 0.2) is 58.3 Å². The number of carbonyl (C=O) groups excluding carboxylic acids is 4. The monoisotopic (exact) mass is 565 g/mol. The number of piperazine rings is 1. The van der Waals surface area contributed by atoms with Gasteiger partial charge in [-0.25, -0.2) is 26.9 Å². The van der Waals surface area contributed by atoms with E-state index in [1.807, 2.05) is 0 Å². The number of hydrogen-bond acceptors (Lipinski definition) is 10. The van der Waals surface area contributed by atoms with E-state index in [1.54, 1.807) is 9.80 Å². The zero-order valence-corrected chi connectivity index (χ0v) is 22.1. The van der Waals surface area contributed by atoms with Crippen LogP contribution < -0.4 is 15.4 Å². The van der Waals surface area contributed by atoms with Gasteiger partial charge in [0.2, 0.25) is 27.7 Å². The lowest BCUT2D eigenvalue weighted by Crippen LogP contribution is -2.55. The zero-order chi connectivity index (χ0) is 28.1. The first-order chi connectivity index (χ1) is 17.8. The minimum Gasteiger partial charge on any atom is -0.325 e. The Morgan fingerprint density at radius 1 is 0.974 bits per heavy atom. The lowest BCUT2D eigenvalue weighted by atomic mass is 10.2.